The molecule has 1 N–H and O–H groups in total. The lowest BCUT2D eigenvalue weighted by Crippen LogP contribution is -2.14. The first-order valence-corrected chi connectivity index (χ1v) is 8.39. The van der Waals surface area contributed by atoms with Crippen LogP contribution in [0.15, 0.2) is 27.7 Å². The van der Waals surface area contributed by atoms with E-state index in [9.17, 15) is 4.79 Å². The first kappa shape index (κ1) is 14.7. The van der Waals surface area contributed by atoms with Crippen molar-refractivity contribution in [1.29, 1.82) is 0 Å². The third kappa shape index (κ3) is 4.43. The number of hydrogen-bond donors (Lipinski definition) is 1. The van der Waals surface area contributed by atoms with Gasteiger partial charge in [-0.2, -0.15) is 0 Å². The summed E-state index contributed by atoms with van der Waals surface area (Å²) in [6.45, 7) is 0.861. The smallest absolute Gasteiger partial charge is 0.234 e. The predicted octanol–water partition coefficient (Wildman–Crippen LogP) is 3.23. The number of rotatable bonds is 4. The van der Waals surface area contributed by atoms with Crippen molar-refractivity contribution in [2.45, 2.75) is 0 Å². The van der Waals surface area contributed by atoms with E-state index in [4.69, 9.17) is 4.74 Å². The normalized spacial score (nSPS) is 14.1. The Kier molecular flexibility index (Phi) is 5.59. The van der Waals surface area contributed by atoms with Crippen LogP contribution in [0.2, 0.25) is 0 Å². The van der Waals surface area contributed by atoms with Crippen molar-refractivity contribution >= 4 is 55.4 Å². The van der Waals surface area contributed by atoms with Crippen molar-refractivity contribution in [1.82, 2.24) is 0 Å². The van der Waals surface area contributed by atoms with Gasteiger partial charge < -0.3 is 10.1 Å². The largest absolute Gasteiger partial charge is 0.496 e. The topological polar surface area (TPSA) is 50.7 Å². The second-order valence-electron chi connectivity index (χ2n) is 3.68. The molecule has 0 aromatic heterocycles. The van der Waals surface area contributed by atoms with E-state index in [0.29, 0.717) is 5.75 Å². The van der Waals surface area contributed by atoms with Crippen LogP contribution in [-0.2, 0) is 4.79 Å². The number of nitrogens with zero attached hydrogens (tertiary/aromatic N) is 1. The highest BCUT2D eigenvalue weighted by Crippen LogP contribution is 2.28. The van der Waals surface area contributed by atoms with E-state index in [0.717, 1.165) is 32.6 Å². The average Bonchev–Trinajstić information content (AvgIpc) is 2.90. The number of methoxy groups -OCH3 is 1. The lowest BCUT2D eigenvalue weighted by atomic mass is 10.3. The first-order valence-electron chi connectivity index (χ1n) is 5.62. The Morgan fingerprint density at radius 1 is 1.63 bits per heavy atom. The molecule has 0 fully saturated rings. The van der Waals surface area contributed by atoms with Gasteiger partial charge in [0.15, 0.2) is 0 Å². The summed E-state index contributed by atoms with van der Waals surface area (Å²) in [5.41, 5.74) is 0.749. The molecule has 0 saturated heterocycles. The van der Waals surface area contributed by atoms with Crippen LogP contribution in [0.25, 0.3) is 0 Å². The van der Waals surface area contributed by atoms with Crippen molar-refractivity contribution in [2.24, 2.45) is 4.99 Å². The molecular formula is C12H13BrN2O2S2. The number of anilines is 1. The standard InChI is InChI=1S/C12H13BrN2O2S2/c1-17-10-3-2-8(6-9(10)13)15-11(16)7-19-12-14-4-5-18-12/h2-3,6H,4-5,7H2,1H3,(H,15,16). The number of amides is 1. The summed E-state index contributed by atoms with van der Waals surface area (Å²) in [6.07, 6.45) is 0. The van der Waals surface area contributed by atoms with Crippen LogP contribution in [0.4, 0.5) is 5.69 Å². The van der Waals surface area contributed by atoms with Gasteiger partial charge in [-0.1, -0.05) is 23.5 Å². The summed E-state index contributed by atoms with van der Waals surface area (Å²) < 4.78 is 6.96. The highest BCUT2D eigenvalue weighted by molar-refractivity contribution is 9.10. The molecule has 1 heterocycles. The number of halogens is 1. The fourth-order valence-electron chi connectivity index (χ4n) is 1.47. The molecule has 0 aliphatic carbocycles. The third-order valence-electron chi connectivity index (χ3n) is 2.32. The fraction of sp³-hybridized carbons (Fsp3) is 0.333. The van der Waals surface area contributed by atoms with E-state index >= 15 is 0 Å². The number of carbonyl (C=O) groups excluding carboxylic acids is 1. The number of hydrogen-bond acceptors (Lipinski definition) is 5. The molecule has 1 aliphatic rings. The van der Waals surface area contributed by atoms with Gasteiger partial charge in [-0.3, -0.25) is 9.79 Å². The van der Waals surface area contributed by atoms with Gasteiger partial charge in [0.05, 0.1) is 23.9 Å². The van der Waals surface area contributed by atoms with Crippen LogP contribution in [-0.4, -0.2) is 35.4 Å². The molecule has 1 amide bonds. The van der Waals surface area contributed by atoms with E-state index in [1.807, 2.05) is 18.2 Å². The van der Waals surface area contributed by atoms with Crippen LogP contribution in [0.3, 0.4) is 0 Å². The molecule has 0 atom stereocenters. The first-order chi connectivity index (χ1) is 9.19. The molecule has 0 spiro atoms. The van der Waals surface area contributed by atoms with Crippen LogP contribution in [0.5, 0.6) is 5.75 Å². The second kappa shape index (κ2) is 7.21. The maximum absolute atomic E-state index is 11.8. The van der Waals surface area contributed by atoms with Crippen LogP contribution >= 0.6 is 39.5 Å². The summed E-state index contributed by atoms with van der Waals surface area (Å²) in [7, 11) is 1.61. The summed E-state index contributed by atoms with van der Waals surface area (Å²) in [4.78, 5) is 16.1. The molecule has 1 aromatic rings. The van der Waals surface area contributed by atoms with Gasteiger partial charge >= 0.3 is 0 Å². The molecule has 0 unspecified atom stereocenters. The maximum Gasteiger partial charge on any atom is 0.234 e. The molecule has 7 heteroatoms. The zero-order valence-electron chi connectivity index (χ0n) is 10.3. The predicted molar refractivity (Wildman–Crippen MR) is 86.5 cm³/mol. The molecule has 1 aliphatic heterocycles. The van der Waals surface area contributed by atoms with Crippen molar-refractivity contribution in [3.8, 4) is 5.75 Å². The number of ether oxygens (including phenoxy) is 1. The van der Waals surface area contributed by atoms with Gasteiger partial charge in [0, 0.05) is 11.4 Å². The molecule has 4 nitrogen and oxygen atoms in total. The van der Waals surface area contributed by atoms with Crippen molar-refractivity contribution in [3.05, 3.63) is 22.7 Å². The van der Waals surface area contributed by atoms with E-state index in [1.54, 1.807) is 18.9 Å². The zero-order valence-corrected chi connectivity index (χ0v) is 13.5. The highest BCUT2D eigenvalue weighted by Gasteiger charge is 2.11. The highest BCUT2D eigenvalue weighted by atomic mass is 79.9. The monoisotopic (exact) mass is 360 g/mol. The second-order valence-corrected chi connectivity index (χ2v) is 6.84. The van der Waals surface area contributed by atoms with Crippen LogP contribution < -0.4 is 10.1 Å². The fourth-order valence-corrected chi connectivity index (χ4v) is 3.82. The summed E-state index contributed by atoms with van der Waals surface area (Å²) in [6, 6.07) is 5.45. The van der Waals surface area contributed by atoms with Gasteiger partial charge in [-0.05, 0) is 34.1 Å². The van der Waals surface area contributed by atoms with E-state index < -0.39 is 0 Å². The number of benzene rings is 1. The molecule has 0 saturated carbocycles. The summed E-state index contributed by atoms with van der Waals surface area (Å²) >= 11 is 6.58. The average molecular weight is 361 g/mol. The van der Waals surface area contributed by atoms with Crippen LogP contribution in [0, 0.1) is 0 Å². The molecule has 1 aromatic carbocycles. The lowest BCUT2D eigenvalue weighted by molar-refractivity contribution is -0.113. The van der Waals surface area contributed by atoms with Gasteiger partial charge in [-0.15, -0.1) is 0 Å². The maximum atomic E-state index is 11.8. The number of thioether (sulfide) groups is 2. The molecule has 0 bridgehead atoms. The SMILES string of the molecule is COc1ccc(NC(=O)CSC2=NCCS2)cc1Br. The molecule has 102 valence electrons. The molecular weight excluding hydrogens is 348 g/mol. The third-order valence-corrected chi connectivity index (χ3v) is 5.19. The molecule has 19 heavy (non-hydrogen) atoms. The quantitative estimate of drug-likeness (QED) is 0.895. The minimum absolute atomic E-state index is 0.0303. The Hall–Kier alpha value is -0.660. The van der Waals surface area contributed by atoms with Crippen molar-refractivity contribution in [2.75, 3.05) is 30.5 Å². The Bertz CT molecular complexity index is 509. The van der Waals surface area contributed by atoms with E-state index in [1.165, 1.54) is 11.8 Å². The van der Waals surface area contributed by atoms with Gasteiger partial charge in [0.2, 0.25) is 5.91 Å². The number of nitrogens with one attached hydrogen (secondary N) is 1. The Morgan fingerprint density at radius 3 is 3.11 bits per heavy atom. The van der Waals surface area contributed by atoms with Crippen molar-refractivity contribution in [3.63, 3.8) is 0 Å². The minimum Gasteiger partial charge on any atom is -0.496 e. The lowest BCUT2D eigenvalue weighted by Gasteiger charge is -2.08. The molecule has 2 rings (SSSR count). The van der Waals surface area contributed by atoms with Gasteiger partial charge in [-0.25, -0.2) is 0 Å². The minimum atomic E-state index is -0.0303. The Labute approximate surface area is 128 Å². The van der Waals surface area contributed by atoms with E-state index in [-0.39, 0.29) is 5.91 Å². The number of aliphatic imine (C=N–C) groups is 1. The zero-order chi connectivity index (χ0) is 13.7. The van der Waals surface area contributed by atoms with Crippen molar-refractivity contribution < 1.29 is 9.53 Å². The Balaban J connectivity index is 1.86. The molecule has 0 radical (unpaired) electrons. The van der Waals surface area contributed by atoms with Gasteiger partial charge in [0.25, 0.3) is 0 Å². The summed E-state index contributed by atoms with van der Waals surface area (Å²) in [5, 5.41) is 2.85. The number of carbonyl (C=O) groups is 1. The van der Waals surface area contributed by atoms with Gasteiger partial charge in [0.1, 0.15) is 10.1 Å². The van der Waals surface area contributed by atoms with Crippen LogP contribution in [0.1, 0.15) is 0 Å². The Morgan fingerprint density at radius 2 is 2.47 bits per heavy atom. The summed E-state index contributed by atoms with van der Waals surface area (Å²) in [5.74, 6) is 2.12. The van der Waals surface area contributed by atoms with E-state index in [2.05, 4.69) is 26.2 Å².